The summed E-state index contributed by atoms with van der Waals surface area (Å²) in [7, 11) is 0. The van der Waals surface area contributed by atoms with Crippen LogP contribution in [0.3, 0.4) is 0 Å². The molecule has 0 aromatic heterocycles. The van der Waals surface area contributed by atoms with Crippen LogP contribution in [0, 0.1) is 5.92 Å². The van der Waals surface area contributed by atoms with Gasteiger partial charge in [-0.05, 0) is 38.1 Å². The van der Waals surface area contributed by atoms with Crippen LogP contribution in [-0.4, -0.2) is 38.0 Å². The molecule has 98 valence electrons. The van der Waals surface area contributed by atoms with Crippen LogP contribution in [0.4, 0.5) is 0 Å². The van der Waals surface area contributed by atoms with Crippen molar-refractivity contribution in [3.63, 3.8) is 0 Å². The van der Waals surface area contributed by atoms with E-state index in [0.717, 1.165) is 38.5 Å². The summed E-state index contributed by atoms with van der Waals surface area (Å²) >= 11 is 0. The lowest BCUT2D eigenvalue weighted by atomic mass is 9.90. The van der Waals surface area contributed by atoms with E-state index in [0.29, 0.717) is 6.10 Å². The molecular formula is C14H25NO2. The molecule has 17 heavy (non-hydrogen) atoms. The van der Waals surface area contributed by atoms with Crippen molar-refractivity contribution in [3.05, 3.63) is 0 Å². The van der Waals surface area contributed by atoms with E-state index in [1.807, 2.05) is 0 Å². The zero-order valence-corrected chi connectivity index (χ0v) is 10.7. The molecule has 0 aromatic rings. The van der Waals surface area contributed by atoms with Crippen LogP contribution < -0.4 is 5.32 Å². The summed E-state index contributed by atoms with van der Waals surface area (Å²) in [5.41, 5.74) is 0.205. The second kappa shape index (κ2) is 5.25. The summed E-state index contributed by atoms with van der Waals surface area (Å²) in [6, 6.07) is 0. The molecule has 3 rings (SSSR count). The van der Waals surface area contributed by atoms with Crippen molar-refractivity contribution in [2.75, 3.05) is 26.3 Å². The van der Waals surface area contributed by atoms with Crippen molar-refractivity contribution in [1.29, 1.82) is 0 Å². The van der Waals surface area contributed by atoms with E-state index >= 15 is 0 Å². The molecule has 3 heteroatoms. The highest BCUT2D eigenvalue weighted by Crippen LogP contribution is 2.40. The van der Waals surface area contributed by atoms with Gasteiger partial charge in [0, 0.05) is 19.6 Å². The molecule has 0 amide bonds. The maximum atomic E-state index is 6.13. The molecular weight excluding hydrogens is 214 g/mol. The quantitative estimate of drug-likeness (QED) is 0.818. The lowest BCUT2D eigenvalue weighted by Gasteiger charge is -2.38. The van der Waals surface area contributed by atoms with Crippen LogP contribution in [0.1, 0.15) is 44.9 Å². The summed E-state index contributed by atoms with van der Waals surface area (Å²) in [5.74, 6) is 0.748. The van der Waals surface area contributed by atoms with Gasteiger partial charge in [-0.3, -0.25) is 0 Å². The minimum atomic E-state index is 0.205. The van der Waals surface area contributed by atoms with Crippen molar-refractivity contribution in [3.8, 4) is 0 Å². The molecule has 1 aliphatic carbocycles. The SMILES string of the molecule is C1CCC2(C1)CC(OCC1CCNC1)CCO2. The Bertz CT molecular complexity index is 245. The molecule has 0 aromatic carbocycles. The molecule has 2 heterocycles. The molecule has 1 saturated carbocycles. The molecule has 3 aliphatic rings. The minimum absolute atomic E-state index is 0.205. The first-order chi connectivity index (χ1) is 8.36. The van der Waals surface area contributed by atoms with Crippen molar-refractivity contribution in [1.82, 2.24) is 5.32 Å². The normalized spacial score (nSPS) is 36.7. The van der Waals surface area contributed by atoms with Crippen LogP contribution in [0.2, 0.25) is 0 Å². The van der Waals surface area contributed by atoms with Crippen LogP contribution >= 0.6 is 0 Å². The third-order valence-electron chi connectivity index (χ3n) is 4.69. The number of ether oxygens (including phenoxy) is 2. The predicted octanol–water partition coefficient (Wildman–Crippen LogP) is 2.10. The van der Waals surface area contributed by atoms with Gasteiger partial charge in [0.15, 0.2) is 0 Å². The molecule has 1 spiro atoms. The maximum absolute atomic E-state index is 6.13. The van der Waals surface area contributed by atoms with Crippen molar-refractivity contribution in [2.24, 2.45) is 5.92 Å². The Morgan fingerprint density at radius 3 is 2.88 bits per heavy atom. The van der Waals surface area contributed by atoms with Crippen molar-refractivity contribution < 1.29 is 9.47 Å². The summed E-state index contributed by atoms with van der Waals surface area (Å²) in [6.45, 7) is 4.18. The summed E-state index contributed by atoms with van der Waals surface area (Å²) in [5, 5.41) is 3.40. The Balaban J connectivity index is 1.46. The van der Waals surface area contributed by atoms with E-state index in [-0.39, 0.29) is 5.60 Å². The van der Waals surface area contributed by atoms with Gasteiger partial charge < -0.3 is 14.8 Å². The first-order valence-corrected chi connectivity index (χ1v) is 7.33. The van der Waals surface area contributed by atoms with Gasteiger partial charge in [0.2, 0.25) is 0 Å². The zero-order chi connectivity index (χ0) is 11.6. The monoisotopic (exact) mass is 239 g/mol. The molecule has 0 radical (unpaired) electrons. The second-order valence-electron chi connectivity index (χ2n) is 6.05. The molecule has 2 aliphatic heterocycles. The van der Waals surface area contributed by atoms with Crippen LogP contribution in [-0.2, 0) is 9.47 Å². The molecule has 2 atom stereocenters. The number of hydrogen-bond acceptors (Lipinski definition) is 3. The largest absolute Gasteiger partial charge is 0.378 e. The Morgan fingerprint density at radius 2 is 2.12 bits per heavy atom. The van der Waals surface area contributed by atoms with Gasteiger partial charge in [-0.15, -0.1) is 0 Å². The van der Waals surface area contributed by atoms with Crippen molar-refractivity contribution in [2.45, 2.75) is 56.7 Å². The third-order valence-corrected chi connectivity index (χ3v) is 4.69. The highest BCUT2D eigenvalue weighted by molar-refractivity contribution is 4.91. The fourth-order valence-corrected chi connectivity index (χ4v) is 3.62. The van der Waals surface area contributed by atoms with Gasteiger partial charge in [-0.2, -0.15) is 0 Å². The van der Waals surface area contributed by atoms with E-state index in [1.165, 1.54) is 38.6 Å². The minimum Gasteiger partial charge on any atom is -0.378 e. The van der Waals surface area contributed by atoms with E-state index in [1.54, 1.807) is 0 Å². The van der Waals surface area contributed by atoms with Gasteiger partial charge >= 0.3 is 0 Å². The Morgan fingerprint density at radius 1 is 1.24 bits per heavy atom. The van der Waals surface area contributed by atoms with Gasteiger partial charge in [0.1, 0.15) is 0 Å². The van der Waals surface area contributed by atoms with Crippen LogP contribution in [0.5, 0.6) is 0 Å². The van der Waals surface area contributed by atoms with Gasteiger partial charge in [-0.25, -0.2) is 0 Å². The molecule has 2 unspecified atom stereocenters. The average molecular weight is 239 g/mol. The number of hydrogen-bond donors (Lipinski definition) is 1. The van der Waals surface area contributed by atoms with Crippen LogP contribution in [0.15, 0.2) is 0 Å². The average Bonchev–Trinajstić information content (AvgIpc) is 2.99. The van der Waals surface area contributed by atoms with Gasteiger partial charge in [0.25, 0.3) is 0 Å². The second-order valence-corrected chi connectivity index (χ2v) is 6.05. The molecule has 3 fully saturated rings. The van der Waals surface area contributed by atoms with Gasteiger partial charge in [-0.1, -0.05) is 12.8 Å². The smallest absolute Gasteiger partial charge is 0.0707 e. The fourth-order valence-electron chi connectivity index (χ4n) is 3.62. The highest BCUT2D eigenvalue weighted by Gasteiger charge is 2.40. The fraction of sp³-hybridized carbons (Fsp3) is 1.00. The first kappa shape index (κ1) is 11.9. The topological polar surface area (TPSA) is 30.5 Å². The standard InChI is InChI=1S/C14H25NO2/c1-2-6-14(5-1)9-13(4-8-17-14)16-11-12-3-7-15-10-12/h12-13,15H,1-11H2. The first-order valence-electron chi connectivity index (χ1n) is 7.33. The van der Waals surface area contributed by atoms with E-state index < -0.39 is 0 Å². The Kier molecular flexibility index (Phi) is 3.69. The zero-order valence-electron chi connectivity index (χ0n) is 10.7. The predicted molar refractivity (Wildman–Crippen MR) is 67.1 cm³/mol. The lowest BCUT2D eigenvalue weighted by molar-refractivity contribution is -0.133. The third kappa shape index (κ3) is 2.83. The molecule has 0 bridgehead atoms. The summed E-state index contributed by atoms with van der Waals surface area (Å²) in [6.07, 6.45) is 9.21. The summed E-state index contributed by atoms with van der Waals surface area (Å²) < 4.78 is 12.2. The molecule has 1 N–H and O–H groups in total. The van der Waals surface area contributed by atoms with Crippen molar-refractivity contribution >= 4 is 0 Å². The Hall–Kier alpha value is -0.120. The maximum Gasteiger partial charge on any atom is 0.0707 e. The van der Waals surface area contributed by atoms with Crippen LogP contribution in [0.25, 0.3) is 0 Å². The lowest BCUT2D eigenvalue weighted by Crippen LogP contribution is -2.41. The highest BCUT2D eigenvalue weighted by atomic mass is 16.5. The molecule has 2 saturated heterocycles. The Labute approximate surface area is 104 Å². The molecule has 3 nitrogen and oxygen atoms in total. The number of nitrogens with one attached hydrogen (secondary N) is 1. The van der Waals surface area contributed by atoms with E-state index in [2.05, 4.69) is 5.32 Å². The van der Waals surface area contributed by atoms with E-state index in [9.17, 15) is 0 Å². The summed E-state index contributed by atoms with van der Waals surface area (Å²) in [4.78, 5) is 0. The van der Waals surface area contributed by atoms with Gasteiger partial charge in [0.05, 0.1) is 18.3 Å². The van der Waals surface area contributed by atoms with E-state index in [4.69, 9.17) is 9.47 Å². The number of rotatable bonds is 3.